The molecule has 3 rings (SSSR count). The number of carbonyl (C=O) groups is 1. The number of hydrogen-bond donors (Lipinski definition) is 1. The molecule has 0 atom stereocenters. The average molecular weight is 257 g/mol. The molecular weight excluding hydrogens is 249 g/mol. The van der Waals surface area contributed by atoms with Gasteiger partial charge in [-0.1, -0.05) is 0 Å². The van der Waals surface area contributed by atoms with Crippen molar-refractivity contribution in [2.75, 3.05) is 0 Å². The number of fused-ring (bicyclic) bond motifs is 1. The molecule has 0 spiro atoms. The van der Waals surface area contributed by atoms with E-state index in [0.29, 0.717) is 16.9 Å². The van der Waals surface area contributed by atoms with E-state index in [1.165, 1.54) is 28.9 Å². The highest BCUT2D eigenvalue weighted by molar-refractivity contribution is 5.88. The predicted molar refractivity (Wildman–Crippen MR) is 65.3 cm³/mol. The van der Waals surface area contributed by atoms with E-state index < -0.39 is 5.97 Å². The summed E-state index contributed by atoms with van der Waals surface area (Å²) in [5.74, 6) is -1.45. The highest BCUT2D eigenvalue weighted by Crippen LogP contribution is 2.20. The van der Waals surface area contributed by atoms with Crippen molar-refractivity contribution in [1.29, 1.82) is 0 Å². The second-order valence-electron chi connectivity index (χ2n) is 3.94. The minimum absolute atomic E-state index is 0.00863. The summed E-state index contributed by atoms with van der Waals surface area (Å²) in [7, 11) is 0. The van der Waals surface area contributed by atoms with E-state index in [4.69, 9.17) is 5.11 Å². The first kappa shape index (κ1) is 11.3. The standard InChI is InChI=1S/C13H8FN3O2/c14-9-3-1-8(2-4-9)10-7-11(13(18)19)17-12(16-10)5-6-15-17/h1-7H,(H,18,19). The van der Waals surface area contributed by atoms with Crippen LogP contribution in [0.5, 0.6) is 0 Å². The molecule has 0 radical (unpaired) electrons. The molecule has 1 aromatic carbocycles. The normalized spacial score (nSPS) is 10.8. The quantitative estimate of drug-likeness (QED) is 0.764. The summed E-state index contributed by atoms with van der Waals surface area (Å²) in [4.78, 5) is 15.5. The summed E-state index contributed by atoms with van der Waals surface area (Å²) in [6.45, 7) is 0. The molecule has 19 heavy (non-hydrogen) atoms. The van der Waals surface area contributed by atoms with Crippen LogP contribution in [0.2, 0.25) is 0 Å². The molecule has 0 aliphatic carbocycles. The Labute approximate surface area is 107 Å². The van der Waals surface area contributed by atoms with Crippen molar-refractivity contribution >= 4 is 11.6 Å². The first-order valence-electron chi connectivity index (χ1n) is 5.49. The summed E-state index contributed by atoms with van der Waals surface area (Å²) in [5, 5.41) is 13.1. The van der Waals surface area contributed by atoms with E-state index in [0.717, 1.165) is 0 Å². The van der Waals surface area contributed by atoms with Gasteiger partial charge in [-0.25, -0.2) is 18.7 Å². The van der Waals surface area contributed by atoms with Crippen LogP contribution in [-0.2, 0) is 0 Å². The van der Waals surface area contributed by atoms with E-state index in [-0.39, 0.29) is 11.5 Å². The van der Waals surface area contributed by atoms with Gasteiger partial charge in [-0.15, -0.1) is 0 Å². The third kappa shape index (κ3) is 1.93. The molecule has 3 aromatic rings. The van der Waals surface area contributed by atoms with Gasteiger partial charge in [-0.05, 0) is 30.3 Å². The number of rotatable bonds is 2. The number of hydrogen-bond acceptors (Lipinski definition) is 3. The maximum absolute atomic E-state index is 12.9. The van der Waals surface area contributed by atoms with Gasteiger partial charge >= 0.3 is 5.97 Å². The van der Waals surface area contributed by atoms with E-state index >= 15 is 0 Å². The molecule has 5 nitrogen and oxygen atoms in total. The van der Waals surface area contributed by atoms with Gasteiger partial charge in [0.1, 0.15) is 5.82 Å². The molecule has 2 aromatic heterocycles. The predicted octanol–water partition coefficient (Wildman–Crippen LogP) is 2.23. The Kier molecular flexibility index (Phi) is 2.49. The molecule has 0 amide bonds. The molecule has 0 bridgehead atoms. The van der Waals surface area contributed by atoms with Gasteiger partial charge in [0.2, 0.25) is 0 Å². The number of carboxylic acid groups (broad SMARTS) is 1. The van der Waals surface area contributed by atoms with Crippen molar-refractivity contribution in [1.82, 2.24) is 14.6 Å². The number of carboxylic acids is 1. The summed E-state index contributed by atoms with van der Waals surface area (Å²) >= 11 is 0. The zero-order chi connectivity index (χ0) is 13.4. The van der Waals surface area contributed by atoms with Crippen LogP contribution in [0.4, 0.5) is 4.39 Å². The zero-order valence-electron chi connectivity index (χ0n) is 9.62. The molecular formula is C13H8FN3O2. The Morgan fingerprint density at radius 3 is 2.63 bits per heavy atom. The summed E-state index contributed by atoms with van der Waals surface area (Å²) in [5.41, 5.74) is 1.55. The number of aromatic nitrogens is 3. The fraction of sp³-hybridized carbons (Fsp3) is 0. The van der Waals surface area contributed by atoms with Crippen LogP contribution in [-0.4, -0.2) is 25.7 Å². The van der Waals surface area contributed by atoms with Gasteiger partial charge in [-0.2, -0.15) is 5.10 Å². The summed E-state index contributed by atoms with van der Waals surface area (Å²) < 4.78 is 14.1. The number of halogens is 1. The van der Waals surface area contributed by atoms with Gasteiger partial charge in [0.15, 0.2) is 11.3 Å². The number of nitrogens with zero attached hydrogens (tertiary/aromatic N) is 3. The SMILES string of the molecule is O=C(O)c1cc(-c2ccc(F)cc2)nc2ccnn12. The molecule has 0 aliphatic rings. The third-order valence-electron chi connectivity index (χ3n) is 2.72. The Bertz CT molecular complexity index is 765. The molecule has 0 fully saturated rings. The fourth-order valence-corrected chi connectivity index (χ4v) is 1.83. The maximum atomic E-state index is 12.9. The van der Waals surface area contributed by atoms with Crippen molar-refractivity contribution in [3.63, 3.8) is 0 Å². The lowest BCUT2D eigenvalue weighted by Gasteiger charge is -2.05. The van der Waals surface area contributed by atoms with Crippen molar-refractivity contribution in [2.45, 2.75) is 0 Å². The molecule has 6 heteroatoms. The topological polar surface area (TPSA) is 67.5 Å². The zero-order valence-corrected chi connectivity index (χ0v) is 9.62. The van der Waals surface area contributed by atoms with E-state index in [1.807, 2.05) is 0 Å². The van der Waals surface area contributed by atoms with E-state index in [2.05, 4.69) is 10.1 Å². The number of aromatic carboxylic acids is 1. The molecule has 0 saturated heterocycles. The van der Waals surface area contributed by atoms with Gasteiger partial charge in [0.25, 0.3) is 0 Å². The molecule has 0 unspecified atom stereocenters. The van der Waals surface area contributed by atoms with Gasteiger partial charge in [0, 0.05) is 11.6 Å². The fourth-order valence-electron chi connectivity index (χ4n) is 1.83. The van der Waals surface area contributed by atoms with Crippen LogP contribution >= 0.6 is 0 Å². The highest BCUT2D eigenvalue weighted by atomic mass is 19.1. The largest absolute Gasteiger partial charge is 0.477 e. The van der Waals surface area contributed by atoms with E-state index in [1.54, 1.807) is 18.2 Å². The van der Waals surface area contributed by atoms with Crippen molar-refractivity contribution in [3.05, 3.63) is 54.1 Å². The van der Waals surface area contributed by atoms with Gasteiger partial charge in [0.05, 0.1) is 11.9 Å². The number of benzene rings is 1. The van der Waals surface area contributed by atoms with Crippen LogP contribution in [0.25, 0.3) is 16.9 Å². The van der Waals surface area contributed by atoms with Gasteiger partial charge in [-0.3, -0.25) is 0 Å². The van der Waals surface area contributed by atoms with Crippen LogP contribution in [0.3, 0.4) is 0 Å². The average Bonchev–Trinajstić information content (AvgIpc) is 2.86. The lowest BCUT2D eigenvalue weighted by molar-refractivity contribution is 0.0687. The molecule has 1 N–H and O–H groups in total. The second-order valence-corrected chi connectivity index (χ2v) is 3.94. The Morgan fingerprint density at radius 2 is 1.95 bits per heavy atom. The third-order valence-corrected chi connectivity index (χ3v) is 2.72. The smallest absolute Gasteiger partial charge is 0.354 e. The molecule has 2 heterocycles. The highest BCUT2D eigenvalue weighted by Gasteiger charge is 2.13. The minimum Gasteiger partial charge on any atom is -0.477 e. The van der Waals surface area contributed by atoms with Crippen LogP contribution in [0, 0.1) is 5.82 Å². The monoisotopic (exact) mass is 257 g/mol. The van der Waals surface area contributed by atoms with E-state index in [9.17, 15) is 9.18 Å². The van der Waals surface area contributed by atoms with Crippen molar-refractivity contribution < 1.29 is 14.3 Å². The Balaban J connectivity index is 2.24. The second kappa shape index (κ2) is 4.16. The van der Waals surface area contributed by atoms with Crippen LogP contribution in [0.1, 0.15) is 10.5 Å². The van der Waals surface area contributed by atoms with Crippen LogP contribution in [0.15, 0.2) is 42.6 Å². The Hall–Kier alpha value is -2.76. The Morgan fingerprint density at radius 1 is 1.21 bits per heavy atom. The first-order valence-corrected chi connectivity index (χ1v) is 5.49. The lowest BCUT2D eigenvalue weighted by atomic mass is 10.1. The van der Waals surface area contributed by atoms with Crippen LogP contribution < -0.4 is 0 Å². The summed E-state index contributed by atoms with van der Waals surface area (Å²) in [6.07, 6.45) is 1.48. The molecule has 0 saturated carbocycles. The van der Waals surface area contributed by atoms with Gasteiger partial charge < -0.3 is 5.11 Å². The minimum atomic E-state index is -1.10. The van der Waals surface area contributed by atoms with Crippen molar-refractivity contribution in [2.24, 2.45) is 0 Å². The first-order chi connectivity index (χ1) is 9.15. The lowest BCUT2D eigenvalue weighted by Crippen LogP contribution is -2.08. The molecule has 94 valence electrons. The van der Waals surface area contributed by atoms with Crippen molar-refractivity contribution in [3.8, 4) is 11.3 Å². The molecule has 0 aliphatic heterocycles. The maximum Gasteiger partial charge on any atom is 0.354 e. The summed E-state index contributed by atoms with van der Waals surface area (Å²) in [6, 6.07) is 8.73.